The highest BCUT2D eigenvalue weighted by molar-refractivity contribution is 6.31. The Balaban J connectivity index is 1.87. The van der Waals surface area contributed by atoms with Crippen LogP contribution in [0.3, 0.4) is 0 Å². The van der Waals surface area contributed by atoms with Gasteiger partial charge in [0.2, 0.25) is 0 Å². The molecule has 1 aromatic carbocycles. The average molecular weight is 306 g/mol. The number of benzene rings is 1. The number of halogens is 1. The second kappa shape index (κ2) is 6.41. The summed E-state index contributed by atoms with van der Waals surface area (Å²) in [7, 11) is 0. The van der Waals surface area contributed by atoms with Crippen molar-refractivity contribution in [3.05, 3.63) is 35.0 Å². The fourth-order valence-electron chi connectivity index (χ4n) is 3.53. The smallest absolute Gasteiger partial charge is 0.134 e. The summed E-state index contributed by atoms with van der Waals surface area (Å²) in [6.07, 6.45) is 5.24. The lowest BCUT2D eigenvalue weighted by atomic mass is 9.78. The summed E-state index contributed by atoms with van der Waals surface area (Å²) in [5.41, 5.74) is 0.932. The van der Waals surface area contributed by atoms with Crippen LogP contribution in [-0.2, 0) is 0 Å². The molecule has 1 N–H and O–H groups in total. The summed E-state index contributed by atoms with van der Waals surface area (Å²) < 4.78 is 6.10. The van der Waals surface area contributed by atoms with Crippen LogP contribution in [0.25, 0.3) is 11.0 Å². The Morgan fingerprint density at radius 1 is 1.24 bits per heavy atom. The largest absolute Gasteiger partial charge is 0.459 e. The third-order valence-electron chi connectivity index (χ3n) is 4.76. The lowest BCUT2D eigenvalue weighted by molar-refractivity contribution is 0.216. The van der Waals surface area contributed by atoms with E-state index in [4.69, 9.17) is 16.0 Å². The zero-order valence-corrected chi connectivity index (χ0v) is 13.6. The quantitative estimate of drug-likeness (QED) is 0.799. The fraction of sp³-hybridized carbons (Fsp3) is 0.556. The molecule has 0 amide bonds. The maximum atomic E-state index is 6.10. The summed E-state index contributed by atoms with van der Waals surface area (Å²) >= 11 is 6.08. The number of nitrogens with one attached hydrogen (secondary N) is 1. The minimum absolute atomic E-state index is 0.327. The van der Waals surface area contributed by atoms with Crippen LogP contribution in [-0.4, -0.2) is 6.54 Å². The van der Waals surface area contributed by atoms with Gasteiger partial charge in [0, 0.05) is 10.4 Å². The Hall–Kier alpha value is -0.990. The first-order chi connectivity index (χ1) is 10.2. The third-order valence-corrected chi connectivity index (χ3v) is 4.99. The Morgan fingerprint density at radius 2 is 2.00 bits per heavy atom. The Labute approximate surface area is 131 Å². The molecule has 1 saturated carbocycles. The standard InChI is InChI=1S/C18H24ClNO/c1-3-20-18(13-6-4-12(2)5-7-13)17-11-14-10-15(19)8-9-16(14)21-17/h8-13,18,20H,3-7H2,1-2H3. The summed E-state index contributed by atoms with van der Waals surface area (Å²) in [4.78, 5) is 0. The van der Waals surface area contributed by atoms with Crippen LogP contribution in [0.15, 0.2) is 28.7 Å². The van der Waals surface area contributed by atoms with Crippen LogP contribution in [0.1, 0.15) is 51.3 Å². The summed E-state index contributed by atoms with van der Waals surface area (Å²) in [6.45, 7) is 5.49. The summed E-state index contributed by atoms with van der Waals surface area (Å²) in [5.74, 6) is 2.61. The molecule has 0 bridgehead atoms. The highest BCUT2D eigenvalue weighted by Gasteiger charge is 2.28. The van der Waals surface area contributed by atoms with Crippen LogP contribution >= 0.6 is 11.6 Å². The van der Waals surface area contributed by atoms with Gasteiger partial charge in [0.25, 0.3) is 0 Å². The van der Waals surface area contributed by atoms with Gasteiger partial charge in [-0.2, -0.15) is 0 Å². The van der Waals surface area contributed by atoms with Gasteiger partial charge >= 0.3 is 0 Å². The average Bonchev–Trinajstić information content (AvgIpc) is 2.88. The van der Waals surface area contributed by atoms with E-state index in [1.807, 2.05) is 18.2 Å². The number of fused-ring (bicyclic) bond motifs is 1. The van der Waals surface area contributed by atoms with E-state index in [0.29, 0.717) is 12.0 Å². The van der Waals surface area contributed by atoms with Crippen LogP contribution in [0, 0.1) is 11.8 Å². The molecule has 114 valence electrons. The third kappa shape index (κ3) is 3.27. The van der Waals surface area contributed by atoms with Crippen molar-refractivity contribution in [2.24, 2.45) is 11.8 Å². The molecule has 3 rings (SSSR count). The van der Waals surface area contributed by atoms with Gasteiger partial charge in [-0.05, 0) is 55.5 Å². The van der Waals surface area contributed by atoms with Crippen molar-refractivity contribution >= 4 is 22.6 Å². The van der Waals surface area contributed by atoms with Gasteiger partial charge in [-0.3, -0.25) is 0 Å². The molecular weight excluding hydrogens is 282 g/mol. The topological polar surface area (TPSA) is 25.2 Å². The van der Waals surface area contributed by atoms with E-state index in [2.05, 4.69) is 25.2 Å². The van der Waals surface area contributed by atoms with Crippen molar-refractivity contribution < 1.29 is 4.42 Å². The van der Waals surface area contributed by atoms with E-state index in [1.165, 1.54) is 25.7 Å². The molecule has 2 aromatic rings. The number of furan rings is 1. The van der Waals surface area contributed by atoms with Gasteiger partial charge < -0.3 is 9.73 Å². The predicted molar refractivity (Wildman–Crippen MR) is 88.8 cm³/mol. The predicted octanol–water partition coefficient (Wildman–Crippen LogP) is 5.56. The Morgan fingerprint density at radius 3 is 2.71 bits per heavy atom. The Kier molecular flexibility index (Phi) is 4.56. The molecule has 0 saturated heterocycles. The van der Waals surface area contributed by atoms with Crippen molar-refractivity contribution in [1.29, 1.82) is 0 Å². The molecule has 2 nitrogen and oxygen atoms in total. The normalized spacial score (nSPS) is 24.3. The molecule has 1 unspecified atom stereocenters. The molecule has 0 spiro atoms. The molecule has 1 aromatic heterocycles. The Bertz CT molecular complexity index is 598. The van der Waals surface area contributed by atoms with E-state index in [1.54, 1.807) is 0 Å². The molecule has 0 aliphatic heterocycles. The van der Waals surface area contributed by atoms with Crippen molar-refractivity contribution in [2.75, 3.05) is 6.54 Å². The minimum Gasteiger partial charge on any atom is -0.459 e. The fourth-order valence-corrected chi connectivity index (χ4v) is 3.71. The van der Waals surface area contributed by atoms with E-state index < -0.39 is 0 Å². The second-order valence-corrected chi connectivity index (χ2v) is 6.82. The first-order valence-corrected chi connectivity index (χ1v) is 8.47. The highest BCUT2D eigenvalue weighted by atomic mass is 35.5. The zero-order chi connectivity index (χ0) is 14.8. The van der Waals surface area contributed by atoms with Crippen molar-refractivity contribution in [2.45, 2.75) is 45.6 Å². The summed E-state index contributed by atoms with van der Waals surface area (Å²) in [5, 5.41) is 5.50. The maximum absolute atomic E-state index is 6.10. The SMILES string of the molecule is CCNC(c1cc2cc(Cl)ccc2o1)C1CCC(C)CC1. The second-order valence-electron chi connectivity index (χ2n) is 6.39. The van der Waals surface area contributed by atoms with Gasteiger partial charge in [-0.25, -0.2) is 0 Å². The molecule has 1 aliphatic carbocycles. The van der Waals surface area contributed by atoms with Gasteiger partial charge in [0.05, 0.1) is 6.04 Å². The zero-order valence-electron chi connectivity index (χ0n) is 12.9. The van der Waals surface area contributed by atoms with Crippen molar-refractivity contribution in [3.8, 4) is 0 Å². The van der Waals surface area contributed by atoms with E-state index in [-0.39, 0.29) is 0 Å². The molecule has 21 heavy (non-hydrogen) atoms. The maximum Gasteiger partial charge on any atom is 0.134 e. The van der Waals surface area contributed by atoms with E-state index in [0.717, 1.165) is 34.2 Å². The van der Waals surface area contributed by atoms with Gasteiger partial charge in [0.1, 0.15) is 11.3 Å². The highest BCUT2D eigenvalue weighted by Crippen LogP contribution is 2.38. The number of hydrogen-bond acceptors (Lipinski definition) is 2. The van der Waals surface area contributed by atoms with E-state index in [9.17, 15) is 0 Å². The van der Waals surface area contributed by atoms with Gasteiger partial charge in [-0.1, -0.05) is 38.3 Å². The molecule has 0 radical (unpaired) electrons. The molecule has 1 aliphatic rings. The minimum atomic E-state index is 0.327. The van der Waals surface area contributed by atoms with Crippen LogP contribution in [0.2, 0.25) is 5.02 Å². The van der Waals surface area contributed by atoms with E-state index >= 15 is 0 Å². The van der Waals surface area contributed by atoms with Crippen molar-refractivity contribution in [1.82, 2.24) is 5.32 Å². The molecule has 3 heteroatoms. The van der Waals surface area contributed by atoms with Gasteiger partial charge in [0.15, 0.2) is 0 Å². The monoisotopic (exact) mass is 305 g/mol. The molecule has 1 heterocycles. The molecule has 1 atom stereocenters. The van der Waals surface area contributed by atoms with Crippen LogP contribution in [0.4, 0.5) is 0 Å². The summed E-state index contributed by atoms with van der Waals surface area (Å²) in [6, 6.07) is 8.32. The first kappa shape index (κ1) is 14.9. The molecule has 1 fully saturated rings. The van der Waals surface area contributed by atoms with Crippen molar-refractivity contribution in [3.63, 3.8) is 0 Å². The molecular formula is C18H24ClNO. The van der Waals surface area contributed by atoms with Crippen LogP contribution < -0.4 is 5.32 Å². The lowest BCUT2D eigenvalue weighted by Gasteiger charge is -2.32. The number of rotatable bonds is 4. The first-order valence-electron chi connectivity index (χ1n) is 8.09. The lowest BCUT2D eigenvalue weighted by Crippen LogP contribution is -2.30. The van der Waals surface area contributed by atoms with Crippen LogP contribution in [0.5, 0.6) is 0 Å². The number of hydrogen-bond donors (Lipinski definition) is 1. The van der Waals surface area contributed by atoms with Gasteiger partial charge in [-0.15, -0.1) is 0 Å².